The first-order valence-electron chi connectivity index (χ1n) is 13.0. The number of hydrogen-bond donors (Lipinski definition) is 2. The Kier molecular flexibility index (Phi) is 10.9. The van der Waals surface area contributed by atoms with Gasteiger partial charge in [-0.3, -0.25) is 9.59 Å². The zero-order chi connectivity index (χ0) is 28.5. The number of carboxylic acid groups (broad SMARTS) is 1. The van der Waals surface area contributed by atoms with E-state index in [-0.39, 0.29) is 18.7 Å². The lowest BCUT2D eigenvalue weighted by molar-refractivity contribution is -0.138. The van der Waals surface area contributed by atoms with Crippen molar-refractivity contribution in [3.05, 3.63) is 11.9 Å². The molecule has 0 saturated carbocycles. The average Bonchev–Trinajstić information content (AvgIpc) is 3.26. The van der Waals surface area contributed by atoms with Gasteiger partial charge in [0, 0.05) is 45.3 Å². The number of rotatable bonds is 10. The number of unbranched alkanes of at least 4 members (excludes halogenated alkanes) is 1. The third-order valence-electron chi connectivity index (χ3n) is 5.57. The molecule has 13 heteroatoms. The van der Waals surface area contributed by atoms with E-state index in [0.29, 0.717) is 57.7 Å². The number of carbonyl (C=O) groups excluding carboxylic acids is 3. The smallest absolute Gasteiger partial charge is 0.410 e. The first-order chi connectivity index (χ1) is 17.6. The topological polar surface area (TPSA) is 156 Å². The summed E-state index contributed by atoms with van der Waals surface area (Å²) in [5.74, 6) is -1.09. The van der Waals surface area contributed by atoms with Crippen molar-refractivity contribution >= 4 is 24.1 Å². The fraction of sp³-hybridized carbons (Fsp3) is 0.760. The lowest BCUT2D eigenvalue weighted by Gasteiger charge is -2.37. The van der Waals surface area contributed by atoms with Gasteiger partial charge in [0.15, 0.2) is 0 Å². The number of aliphatic carboxylic acids is 1. The number of ether oxygens (including phenoxy) is 2. The van der Waals surface area contributed by atoms with Crippen LogP contribution in [0, 0.1) is 0 Å². The first-order valence-corrected chi connectivity index (χ1v) is 13.0. The van der Waals surface area contributed by atoms with Gasteiger partial charge in [-0.05, 0) is 60.8 Å². The number of nitrogens with one attached hydrogen (secondary N) is 1. The van der Waals surface area contributed by atoms with Crippen molar-refractivity contribution in [3.63, 3.8) is 0 Å². The van der Waals surface area contributed by atoms with Gasteiger partial charge in [0.1, 0.15) is 17.2 Å². The van der Waals surface area contributed by atoms with Crippen molar-refractivity contribution in [1.82, 2.24) is 30.1 Å². The number of hydrogen-bond acceptors (Lipinski definition) is 8. The second-order valence-electron chi connectivity index (χ2n) is 11.3. The Morgan fingerprint density at radius 3 is 2.16 bits per heavy atom. The SMILES string of the molecule is CC(C)(C)OC(=O)NCCCC[C@@H](C(=O)N1CCN(C(=O)OC(C)(C)C)CC1)n1cc(CCC(=O)O)nn1. The molecule has 38 heavy (non-hydrogen) atoms. The Bertz CT molecular complexity index is 958. The number of piperazine rings is 1. The monoisotopic (exact) mass is 538 g/mol. The van der Waals surface area contributed by atoms with Crippen LogP contribution >= 0.6 is 0 Å². The van der Waals surface area contributed by atoms with Crippen molar-refractivity contribution in [2.75, 3.05) is 32.7 Å². The van der Waals surface area contributed by atoms with E-state index in [1.165, 1.54) is 4.68 Å². The van der Waals surface area contributed by atoms with E-state index >= 15 is 0 Å². The molecule has 0 aliphatic carbocycles. The fourth-order valence-electron chi connectivity index (χ4n) is 3.80. The van der Waals surface area contributed by atoms with Gasteiger partial charge in [-0.1, -0.05) is 5.21 Å². The summed E-state index contributed by atoms with van der Waals surface area (Å²) in [6.45, 7) is 12.6. The summed E-state index contributed by atoms with van der Waals surface area (Å²) in [4.78, 5) is 52.0. The number of alkyl carbamates (subject to hydrolysis) is 1. The van der Waals surface area contributed by atoms with Crippen LogP contribution in [0.5, 0.6) is 0 Å². The summed E-state index contributed by atoms with van der Waals surface area (Å²) in [5, 5.41) is 19.8. The van der Waals surface area contributed by atoms with E-state index < -0.39 is 35.4 Å². The molecule has 1 fully saturated rings. The van der Waals surface area contributed by atoms with Gasteiger partial charge in [-0.25, -0.2) is 14.3 Å². The van der Waals surface area contributed by atoms with Crippen molar-refractivity contribution in [2.45, 2.75) is 90.9 Å². The predicted molar refractivity (Wildman–Crippen MR) is 137 cm³/mol. The van der Waals surface area contributed by atoms with Crippen molar-refractivity contribution < 1.29 is 33.8 Å². The van der Waals surface area contributed by atoms with Gasteiger partial charge in [-0.15, -0.1) is 5.10 Å². The number of carbonyl (C=O) groups is 4. The number of nitrogens with zero attached hydrogens (tertiary/aromatic N) is 5. The maximum atomic E-state index is 13.5. The van der Waals surface area contributed by atoms with Crippen molar-refractivity contribution in [3.8, 4) is 0 Å². The number of aromatic nitrogens is 3. The second-order valence-corrected chi connectivity index (χ2v) is 11.3. The van der Waals surface area contributed by atoms with Crippen LogP contribution < -0.4 is 5.32 Å². The Morgan fingerprint density at radius 2 is 1.58 bits per heavy atom. The third kappa shape index (κ3) is 10.9. The molecule has 0 unspecified atom stereocenters. The van der Waals surface area contributed by atoms with Crippen LogP contribution in [0.2, 0.25) is 0 Å². The van der Waals surface area contributed by atoms with Crippen LogP contribution in [-0.4, -0.2) is 97.9 Å². The molecule has 1 aromatic rings. The maximum absolute atomic E-state index is 13.5. The van der Waals surface area contributed by atoms with Crippen molar-refractivity contribution in [1.29, 1.82) is 0 Å². The third-order valence-corrected chi connectivity index (χ3v) is 5.57. The minimum atomic E-state index is -0.937. The summed E-state index contributed by atoms with van der Waals surface area (Å²) in [6.07, 6.45) is 2.53. The molecule has 1 aliphatic heterocycles. The Labute approximate surface area is 223 Å². The summed E-state index contributed by atoms with van der Waals surface area (Å²) >= 11 is 0. The van der Waals surface area contributed by atoms with E-state index in [2.05, 4.69) is 15.6 Å². The van der Waals surface area contributed by atoms with E-state index in [9.17, 15) is 19.2 Å². The van der Waals surface area contributed by atoms with Crippen molar-refractivity contribution in [2.24, 2.45) is 0 Å². The number of amides is 3. The summed E-state index contributed by atoms with van der Waals surface area (Å²) in [5.41, 5.74) is -0.689. The van der Waals surface area contributed by atoms with Crippen LogP contribution in [0.3, 0.4) is 0 Å². The highest BCUT2D eigenvalue weighted by atomic mass is 16.6. The van der Waals surface area contributed by atoms with Gasteiger partial charge in [0.2, 0.25) is 5.91 Å². The molecule has 13 nitrogen and oxygen atoms in total. The molecule has 1 aromatic heterocycles. The molecular formula is C25H42N6O7. The van der Waals surface area contributed by atoms with Crippen LogP contribution in [-0.2, 0) is 25.5 Å². The van der Waals surface area contributed by atoms with E-state index in [1.807, 2.05) is 0 Å². The van der Waals surface area contributed by atoms with E-state index in [4.69, 9.17) is 14.6 Å². The quantitative estimate of drug-likeness (QED) is 0.427. The van der Waals surface area contributed by atoms with Gasteiger partial charge in [0.05, 0.1) is 12.1 Å². The van der Waals surface area contributed by atoms with Crippen LogP contribution in [0.1, 0.15) is 79.0 Å². The number of aryl methyl sites for hydroxylation is 1. The largest absolute Gasteiger partial charge is 0.481 e. The lowest BCUT2D eigenvalue weighted by Crippen LogP contribution is -2.53. The molecule has 0 spiro atoms. The highest BCUT2D eigenvalue weighted by Gasteiger charge is 2.32. The van der Waals surface area contributed by atoms with Gasteiger partial charge in [-0.2, -0.15) is 0 Å². The van der Waals surface area contributed by atoms with Gasteiger partial charge < -0.3 is 29.7 Å². The maximum Gasteiger partial charge on any atom is 0.410 e. The molecule has 214 valence electrons. The minimum Gasteiger partial charge on any atom is -0.481 e. The summed E-state index contributed by atoms with van der Waals surface area (Å²) in [6, 6.07) is -0.643. The molecule has 3 amide bonds. The zero-order valence-electron chi connectivity index (χ0n) is 23.4. The average molecular weight is 539 g/mol. The normalized spacial score (nSPS) is 15.1. The summed E-state index contributed by atoms with van der Waals surface area (Å²) < 4.78 is 12.2. The van der Waals surface area contributed by atoms with Gasteiger partial charge >= 0.3 is 18.2 Å². The van der Waals surface area contributed by atoms with Crippen LogP contribution in [0.15, 0.2) is 6.20 Å². The van der Waals surface area contributed by atoms with Gasteiger partial charge in [0.25, 0.3) is 0 Å². The highest BCUT2D eigenvalue weighted by Crippen LogP contribution is 2.20. The molecule has 0 radical (unpaired) electrons. The fourth-order valence-corrected chi connectivity index (χ4v) is 3.80. The predicted octanol–water partition coefficient (Wildman–Crippen LogP) is 2.61. The molecule has 2 heterocycles. The molecule has 2 rings (SSSR count). The Morgan fingerprint density at radius 1 is 0.974 bits per heavy atom. The standard InChI is InChI=1S/C25H42N6O7/c1-24(2,3)37-22(35)26-12-8-7-9-19(31-17-18(27-28-31)10-11-20(32)33)21(34)29-13-15-30(16-14-29)23(36)38-25(4,5)6/h17,19H,7-16H2,1-6H3,(H,26,35)(H,32,33)/t19-/m0/s1. The zero-order valence-corrected chi connectivity index (χ0v) is 23.4. The molecule has 0 bridgehead atoms. The Balaban J connectivity index is 1.99. The summed E-state index contributed by atoms with van der Waals surface area (Å²) in [7, 11) is 0. The second kappa shape index (κ2) is 13.4. The van der Waals surface area contributed by atoms with Crippen LogP contribution in [0.4, 0.5) is 9.59 Å². The molecule has 1 atom stereocenters. The minimum absolute atomic E-state index is 0.0831. The lowest BCUT2D eigenvalue weighted by atomic mass is 10.1. The molecule has 0 aromatic carbocycles. The Hall–Kier alpha value is -3.38. The molecule has 1 aliphatic rings. The van der Waals surface area contributed by atoms with E-state index in [1.54, 1.807) is 57.5 Å². The first kappa shape index (κ1) is 30.8. The molecule has 1 saturated heterocycles. The molecule has 2 N–H and O–H groups in total. The van der Waals surface area contributed by atoms with E-state index in [0.717, 1.165) is 0 Å². The van der Waals surface area contributed by atoms with Crippen LogP contribution in [0.25, 0.3) is 0 Å². The molecular weight excluding hydrogens is 496 g/mol. The highest BCUT2D eigenvalue weighted by molar-refractivity contribution is 5.80. The number of carboxylic acids is 1.